The number of nitrogens with one attached hydrogen (secondary N) is 1. The van der Waals surface area contributed by atoms with Crippen LogP contribution in [0.15, 0.2) is 30.4 Å². The van der Waals surface area contributed by atoms with Crippen molar-refractivity contribution in [1.82, 2.24) is 4.90 Å². The van der Waals surface area contributed by atoms with Crippen LogP contribution >= 0.6 is 12.4 Å². The van der Waals surface area contributed by atoms with Crippen LogP contribution in [0.5, 0.6) is 0 Å². The second-order valence-electron chi connectivity index (χ2n) is 6.54. The van der Waals surface area contributed by atoms with Crippen molar-refractivity contribution >= 4 is 24.0 Å². The predicted molar refractivity (Wildman–Crippen MR) is 98.5 cm³/mol. The van der Waals surface area contributed by atoms with E-state index in [4.69, 9.17) is 0 Å². The normalized spacial score (nSPS) is 21.0. The molecular weight excluding hydrogens is 308 g/mol. The number of para-hydroxylation sites is 1. The summed E-state index contributed by atoms with van der Waals surface area (Å²) in [4.78, 5) is 14.7. The van der Waals surface area contributed by atoms with Gasteiger partial charge in [-0.3, -0.25) is 9.69 Å². The van der Waals surface area contributed by atoms with Gasteiger partial charge in [-0.25, -0.2) is 0 Å². The van der Waals surface area contributed by atoms with Crippen LogP contribution in [0.1, 0.15) is 49.1 Å². The van der Waals surface area contributed by atoms with E-state index in [0.29, 0.717) is 12.5 Å². The van der Waals surface area contributed by atoms with E-state index in [0.717, 1.165) is 37.2 Å². The molecule has 0 spiro atoms. The first-order valence-electron chi connectivity index (χ1n) is 8.52. The summed E-state index contributed by atoms with van der Waals surface area (Å²) in [6.45, 7) is 4.71. The van der Waals surface area contributed by atoms with Crippen molar-refractivity contribution in [3.05, 3.63) is 41.5 Å². The van der Waals surface area contributed by atoms with Crippen LogP contribution in [-0.4, -0.2) is 30.4 Å². The quantitative estimate of drug-likeness (QED) is 0.834. The molecule has 1 atom stereocenters. The average molecular weight is 335 g/mol. The second kappa shape index (κ2) is 8.51. The number of aryl methyl sites for hydroxylation is 1. The Kier molecular flexibility index (Phi) is 6.67. The lowest BCUT2D eigenvalue weighted by Crippen LogP contribution is -2.37. The molecule has 3 rings (SSSR count). The van der Waals surface area contributed by atoms with Gasteiger partial charge in [-0.15, -0.1) is 12.4 Å². The summed E-state index contributed by atoms with van der Waals surface area (Å²) >= 11 is 0. The first-order valence-corrected chi connectivity index (χ1v) is 8.52. The highest BCUT2D eigenvalue weighted by atomic mass is 35.5. The summed E-state index contributed by atoms with van der Waals surface area (Å²) in [5.74, 6) is 0.574. The van der Waals surface area contributed by atoms with E-state index in [-0.39, 0.29) is 18.3 Å². The number of amides is 1. The molecule has 0 aromatic heterocycles. The second-order valence-corrected chi connectivity index (χ2v) is 6.54. The van der Waals surface area contributed by atoms with Crippen molar-refractivity contribution in [2.24, 2.45) is 0 Å². The summed E-state index contributed by atoms with van der Waals surface area (Å²) in [5, 5.41) is 3.19. The lowest BCUT2D eigenvalue weighted by Gasteiger charge is -2.26. The minimum Gasteiger partial charge on any atom is -0.324 e. The maximum Gasteiger partial charge on any atom is 0.238 e. The van der Waals surface area contributed by atoms with Crippen molar-refractivity contribution < 1.29 is 4.79 Å². The summed E-state index contributed by atoms with van der Waals surface area (Å²) < 4.78 is 0. The molecule has 1 fully saturated rings. The molecule has 1 heterocycles. The molecular formula is C19H27ClN2O. The monoisotopic (exact) mass is 334 g/mol. The van der Waals surface area contributed by atoms with Gasteiger partial charge in [0.15, 0.2) is 0 Å². The fourth-order valence-corrected chi connectivity index (χ4v) is 3.56. The molecule has 0 radical (unpaired) electrons. The molecule has 126 valence electrons. The Hall–Kier alpha value is -1.32. The zero-order chi connectivity index (χ0) is 15.4. The number of rotatable bonds is 4. The molecule has 3 nitrogen and oxygen atoms in total. The number of allylic oxidation sites excluding steroid dienone is 2. The molecule has 23 heavy (non-hydrogen) atoms. The van der Waals surface area contributed by atoms with E-state index in [1.807, 2.05) is 0 Å². The Labute approximate surface area is 145 Å². The number of hydrogen-bond acceptors (Lipinski definition) is 2. The molecule has 1 N–H and O–H groups in total. The van der Waals surface area contributed by atoms with Crippen molar-refractivity contribution in [3.8, 4) is 0 Å². The SMILES string of the molecule is Cc1cccc(C2C=CCC2)c1NC(=O)CN1CCCCC1.Cl. The molecule has 0 saturated carbocycles. The van der Waals surface area contributed by atoms with Gasteiger partial charge in [0.25, 0.3) is 0 Å². The molecule has 1 aromatic rings. The first kappa shape index (κ1) is 18.0. The van der Waals surface area contributed by atoms with Crippen molar-refractivity contribution in [3.63, 3.8) is 0 Å². The standard InChI is InChI=1S/C19H26N2O.ClH/c1-15-8-7-11-17(16-9-3-4-10-16)19(15)20-18(22)14-21-12-5-2-6-13-21;/h3,7-9,11,16H,2,4-6,10,12-14H2,1H3,(H,20,22);1H. The highest BCUT2D eigenvalue weighted by molar-refractivity contribution is 5.94. The third-order valence-electron chi connectivity index (χ3n) is 4.80. The van der Waals surface area contributed by atoms with E-state index < -0.39 is 0 Å². The molecule has 1 amide bonds. The van der Waals surface area contributed by atoms with E-state index in [9.17, 15) is 4.79 Å². The Bertz CT molecular complexity index is 564. The number of carbonyl (C=O) groups excluding carboxylic acids is 1. The van der Waals surface area contributed by atoms with Gasteiger partial charge in [-0.05, 0) is 56.8 Å². The number of nitrogens with zero attached hydrogens (tertiary/aromatic N) is 1. The first-order chi connectivity index (χ1) is 10.7. The van der Waals surface area contributed by atoms with E-state index in [2.05, 4.69) is 47.5 Å². The number of anilines is 1. The molecule has 0 bridgehead atoms. The Morgan fingerprint density at radius 1 is 1.26 bits per heavy atom. The van der Waals surface area contributed by atoms with Gasteiger partial charge in [0, 0.05) is 11.6 Å². The van der Waals surface area contributed by atoms with Gasteiger partial charge in [0.2, 0.25) is 5.91 Å². The van der Waals surface area contributed by atoms with Crippen molar-refractivity contribution in [1.29, 1.82) is 0 Å². The van der Waals surface area contributed by atoms with Crippen LogP contribution in [0.3, 0.4) is 0 Å². The smallest absolute Gasteiger partial charge is 0.238 e. The predicted octanol–water partition coefficient (Wildman–Crippen LogP) is 4.27. The van der Waals surface area contributed by atoms with Crippen molar-refractivity contribution in [2.45, 2.75) is 44.9 Å². The molecule has 1 aliphatic heterocycles. The van der Waals surface area contributed by atoms with Crippen LogP contribution < -0.4 is 5.32 Å². The Morgan fingerprint density at radius 3 is 2.74 bits per heavy atom. The molecule has 1 aromatic carbocycles. The van der Waals surface area contributed by atoms with Gasteiger partial charge in [0.05, 0.1) is 6.54 Å². The molecule has 1 unspecified atom stereocenters. The van der Waals surface area contributed by atoms with Gasteiger partial charge in [-0.1, -0.05) is 36.8 Å². The number of carbonyl (C=O) groups is 1. The topological polar surface area (TPSA) is 32.3 Å². The molecule has 4 heteroatoms. The van der Waals surface area contributed by atoms with Crippen LogP contribution in [0, 0.1) is 6.92 Å². The van der Waals surface area contributed by atoms with Crippen LogP contribution in [0.25, 0.3) is 0 Å². The van der Waals surface area contributed by atoms with Crippen LogP contribution in [0.2, 0.25) is 0 Å². The molecule has 2 aliphatic rings. The summed E-state index contributed by atoms with van der Waals surface area (Å²) in [5.41, 5.74) is 3.45. The molecule has 1 aliphatic carbocycles. The van der Waals surface area contributed by atoms with Gasteiger partial charge in [-0.2, -0.15) is 0 Å². The van der Waals surface area contributed by atoms with Crippen LogP contribution in [0.4, 0.5) is 5.69 Å². The third-order valence-corrected chi connectivity index (χ3v) is 4.80. The largest absolute Gasteiger partial charge is 0.324 e. The number of benzene rings is 1. The fourth-order valence-electron chi connectivity index (χ4n) is 3.56. The van der Waals surface area contributed by atoms with Crippen molar-refractivity contribution in [2.75, 3.05) is 25.0 Å². The number of piperidine rings is 1. The van der Waals surface area contributed by atoms with Gasteiger partial charge >= 0.3 is 0 Å². The third kappa shape index (κ3) is 4.58. The van der Waals surface area contributed by atoms with Gasteiger partial charge in [0.1, 0.15) is 0 Å². The van der Waals surface area contributed by atoms with E-state index in [1.54, 1.807) is 0 Å². The minimum absolute atomic E-state index is 0. The fraction of sp³-hybridized carbons (Fsp3) is 0.526. The maximum absolute atomic E-state index is 12.4. The highest BCUT2D eigenvalue weighted by Gasteiger charge is 2.19. The Balaban J connectivity index is 0.00000192. The Morgan fingerprint density at radius 2 is 2.04 bits per heavy atom. The molecule has 1 saturated heterocycles. The number of hydrogen-bond donors (Lipinski definition) is 1. The maximum atomic E-state index is 12.4. The minimum atomic E-state index is 0. The zero-order valence-corrected chi connectivity index (χ0v) is 14.7. The van der Waals surface area contributed by atoms with E-state index in [1.165, 1.54) is 24.8 Å². The lowest BCUT2D eigenvalue weighted by molar-refractivity contribution is -0.117. The highest BCUT2D eigenvalue weighted by Crippen LogP contribution is 2.34. The summed E-state index contributed by atoms with van der Waals surface area (Å²) in [6.07, 6.45) is 10.5. The lowest BCUT2D eigenvalue weighted by atomic mass is 9.94. The summed E-state index contributed by atoms with van der Waals surface area (Å²) in [6, 6.07) is 6.33. The number of likely N-dealkylation sites (tertiary alicyclic amines) is 1. The number of halogens is 1. The van der Waals surface area contributed by atoms with E-state index >= 15 is 0 Å². The average Bonchev–Trinajstić information content (AvgIpc) is 3.04. The zero-order valence-electron chi connectivity index (χ0n) is 13.9. The van der Waals surface area contributed by atoms with Gasteiger partial charge < -0.3 is 5.32 Å². The van der Waals surface area contributed by atoms with Crippen LogP contribution in [-0.2, 0) is 4.79 Å². The summed E-state index contributed by atoms with van der Waals surface area (Å²) in [7, 11) is 0.